The molecule has 0 spiro atoms. The molecule has 1 rings (SSSR count). The molecule has 122 valence electrons. The van der Waals surface area contributed by atoms with Gasteiger partial charge in [0.1, 0.15) is 0 Å². The van der Waals surface area contributed by atoms with Gasteiger partial charge in [-0.05, 0) is 38.5 Å². The lowest BCUT2D eigenvalue weighted by molar-refractivity contribution is -0.116. The number of benzene rings is 1. The molecule has 0 aliphatic rings. The van der Waals surface area contributed by atoms with Gasteiger partial charge in [-0.1, -0.05) is 6.92 Å². The van der Waals surface area contributed by atoms with Gasteiger partial charge in [0.05, 0.1) is 5.56 Å². The lowest BCUT2D eigenvalue weighted by atomic mass is 10.1. The Hall–Kier alpha value is -2.04. The van der Waals surface area contributed by atoms with Gasteiger partial charge in [0, 0.05) is 45.0 Å². The fraction of sp³-hybridized carbons (Fsp3) is 0.529. The van der Waals surface area contributed by atoms with Gasteiger partial charge in [-0.15, -0.1) is 0 Å². The summed E-state index contributed by atoms with van der Waals surface area (Å²) in [6.45, 7) is 7.21. The predicted molar refractivity (Wildman–Crippen MR) is 91.6 cm³/mol. The average Bonchev–Trinajstić information content (AvgIpc) is 2.48. The summed E-state index contributed by atoms with van der Waals surface area (Å²) in [6, 6.07) is 5.48. The molecule has 5 nitrogen and oxygen atoms in total. The number of nitrogens with zero attached hydrogens (tertiary/aromatic N) is 2. The van der Waals surface area contributed by atoms with E-state index in [1.165, 1.54) is 0 Å². The Bertz CT molecular complexity index is 523. The van der Waals surface area contributed by atoms with Crippen LogP contribution in [0.15, 0.2) is 18.2 Å². The highest BCUT2D eigenvalue weighted by Crippen LogP contribution is 2.24. The molecule has 0 saturated heterocycles. The van der Waals surface area contributed by atoms with Crippen molar-refractivity contribution in [2.75, 3.05) is 37.4 Å². The predicted octanol–water partition coefficient (Wildman–Crippen LogP) is 2.97. The lowest BCUT2D eigenvalue weighted by Crippen LogP contribution is -2.31. The third-order valence-electron chi connectivity index (χ3n) is 3.52. The SMILES string of the molecule is CCCC(=O)Nc1ccc(N(C)C)c(C(=O)N(CC)CC)c1. The molecule has 0 heterocycles. The molecule has 0 aromatic heterocycles. The van der Waals surface area contributed by atoms with E-state index in [2.05, 4.69) is 5.32 Å². The Balaban J connectivity index is 3.15. The van der Waals surface area contributed by atoms with Crippen molar-refractivity contribution in [2.45, 2.75) is 33.6 Å². The summed E-state index contributed by atoms with van der Waals surface area (Å²) in [5.41, 5.74) is 2.13. The summed E-state index contributed by atoms with van der Waals surface area (Å²) in [5.74, 6) is -0.0402. The molecule has 0 bridgehead atoms. The van der Waals surface area contributed by atoms with Crippen molar-refractivity contribution in [3.8, 4) is 0 Å². The van der Waals surface area contributed by atoms with Crippen molar-refractivity contribution in [1.82, 2.24) is 4.90 Å². The number of hydrogen-bond donors (Lipinski definition) is 1. The van der Waals surface area contributed by atoms with Crippen LogP contribution < -0.4 is 10.2 Å². The minimum atomic E-state index is -0.0265. The van der Waals surface area contributed by atoms with Crippen LogP contribution in [-0.2, 0) is 4.79 Å². The number of amides is 2. The number of rotatable bonds is 7. The van der Waals surface area contributed by atoms with Gasteiger partial charge < -0.3 is 15.1 Å². The molecule has 1 N–H and O–H groups in total. The Morgan fingerprint density at radius 3 is 2.23 bits per heavy atom. The number of anilines is 2. The van der Waals surface area contributed by atoms with Crippen LogP contribution in [0.5, 0.6) is 0 Å². The molecular formula is C17H27N3O2. The van der Waals surface area contributed by atoms with Crippen molar-refractivity contribution >= 4 is 23.2 Å². The van der Waals surface area contributed by atoms with Crippen molar-refractivity contribution in [3.05, 3.63) is 23.8 Å². The monoisotopic (exact) mass is 305 g/mol. The highest BCUT2D eigenvalue weighted by atomic mass is 16.2. The molecule has 0 aliphatic heterocycles. The zero-order valence-electron chi connectivity index (χ0n) is 14.3. The van der Waals surface area contributed by atoms with Crippen LogP contribution in [0.3, 0.4) is 0 Å². The Morgan fingerprint density at radius 1 is 1.09 bits per heavy atom. The van der Waals surface area contributed by atoms with Gasteiger partial charge in [0.2, 0.25) is 5.91 Å². The molecule has 2 amide bonds. The van der Waals surface area contributed by atoms with Gasteiger partial charge in [-0.2, -0.15) is 0 Å². The first-order chi connectivity index (χ1) is 10.4. The van der Waals surface area contributed by atoms with E-state index in [0.29, 0.717) is 30.8 Å². The number of hydrogen-bond acceptors (Lipinski definition) is 3. The van der Waals surface area contributed by atoms with Crippen LogP contribution in [0.2, 0.25) is 0 Å². The Morgan fingerprint density at radius 2 is 1.73 bits per heavy atom. The van der Waals surface area contributed by atoms with Crippen LogP contribution in [-0.4, -0.2) is 43.9 Å². The highest BCUT2D eigenvalue weighted by molar-refractivity contribution is 6.02. The fourth-order valence-electron chi connectivity index (χ4n) is 2.31. The molecule has 1 aromatic rings. The van der Waals surface area contributed by atoms with Gasteiger partial charge in [-0.25, -0.2) is 0 Å². The number of nitrogens with one attached hydrogen (secondary N) is 1. The Labute approximate surface area is 133 Å². The van der Waals surface area contributed by atoms with Crippen LogP contribution in [0.25, 0.3) is 0 Å². The zero-order chi connectivity index (χ0) is 16.7. The molecule has 0 radical (unpaired) electrons. The molecule has 0 aliphatic carbocycles. The molecule has 0 unspecified atom stereocenters. The lowest BCUT2D eigenvalue weighted by Gasteiger charge is -2.23. The summed E-state index contributed by atoms with van der Waals surface area (Å²) in [4.78, 5) is 28.1. The second-order valence-electron chi connectivity index (χ2n) is 5.40. The molecule has 1 aromatic carbocycles. The minimum Gasteiger partial charge on any atom is -0.377 e. The smallest absolute Gasteiger partial charge is 0.256 e. The van der Waals surface area contributed by atoms with Gasteiger partial charge in [-0.3, -0.25) is 9.59 Å². The van der Waals surface area contributed by atoms with E-state index in [1.807, 2.05) is 51.9 Å². The summed E-state index contributed by atoms with van der Waals surface area (Å²) in [5, 5.41) is 2.85. The first kappa shape index (κ1) is 18.0. The van der Waals surface area contributed by atoms with E-state index in [0.717, 1.165) is 12.1 Å². The van der Waals surface area contributed by atoms with Crippen molar-refractivity contribution in [2.24, 2.45) is 0 Å². The second kappa shape index (κ2) is 8.41. The van der Waals surface area contributed by atoms with Crippen LogP contribution in [0, 0.1) is 0 Å². The van der Waals surface area contributed by atoms with E-state index < -0.39 is 0 Å². The third kappa shape index (κ3) is 4.48. The van der Waals surface area contributed by atoms with E-state index in [-0.39, 0.29) is 11.8 Å². The van der Waals surface area contributed by atoms with Crippen LogP contribution in [0.4, 0.5) is 11.4 Å². The topological polar surface area (TPSA) is 52.7 Å². The quantitative estimate of drug-likeness (QED) is 0.842. The highest BCUT2D eigenvalue weighted by Gasteiger charge is 2.18. The number of carbonyl (C=O) groups is 2. The van der Waals surface area contributed by atoms with Crippen LogP contribution in [0.1, 0.15) is 44.0 Å². The first-order valence-electron chi connectivity index (χ1n) is 7.85. The fourth-order valence-corrected chi connectivity index (χ4v) is 2.31. The van der Waals surface area contributed by atoms with Gasteiger partial charge in [0.25, 0.3) is 5.91 Å². The maximum absolute atomic E-state index is 12.7. The second-order valence-corrected chi connectivity index (χ2v) is 5.40. The van der Waals surface area contributed by atoms with E-state index >= 15 is 0 Å². The zero-order valence-corrected chi connectivity index (χ0v) is 14.3. The third-order valence-corrected chi connectivity index (χ3v) is 3.52. The van der Waals surface area contributed by atoms with Crippen molar-refractivity contribution in [1.29, 1.82) is 0 Å². The summed E-state index contributed by atoms with van der Waals surface area (Å²) < 4.78 is 0. The van der Waals surface area contributed by atoms with Crippen LogP contribution >= 0.6 is 0 Å². The summed E-state index contributed by atoms with van der Waals surface area (Å²) in [7, 11) is 3.81. The van der Waals surface area contributed by atoms with Crippen molar-refractivity contribution < 1.29 is 9.59 Å². The molecule has 0 atom stereocenters. The van der Waals surface area contributed by atoms with Gasteiger partial charge >= 0.3 is 0 Å². The van der Waals surface area contributed by atoms with E-state index in [4.69, 9.17) is 0 Å². The molecule has 5 heteroatoms. The maximum atomic E-state index is 12.7. The largest absolute Gasteiger partial charge is 0.377 e. The Kier molecular flexibility index (Phi) is 6.89. The molecular weight excluding hydrogens is 278 g/mol. The average molecular weight is 305 g/mol. The summed E-state index contributed by atoms with van der Waals surface area (Å²) in [6.07, 6.45) is 1.28. The maximum Gasteiger partial charge on any atom is 0.256 e. The molecule has 0 fully saturated rings. The van der Waals surface area contributed by atoms with Gasteiger partial charge in [0.15, 0.2) is 0 Å². The summed E-state index contributed by atoms with van der Waals surface area (Å²) >= 11 is 0. The van der Waals surface area contributed by atoms with E-state index in [9.17, 15) is 9.59 Å². The minimum absolute atomic E-state index is 0.0136. The standard InChI is InChI=1S/C17H27N3O2/c1-6-9-16(21)18-13-10-11-15(19(4)5)14(12-13)17(22)20(7-2)8-3/h10-12H,6-9H2,1-5H3,(H,18,21). The normalized spacial score (nSPS) is 10.2. The number of carbonyl (C=O) groups excluding carboxylic acids is 2. The first-order valence-corrected chi connectivity index (χ1v) is 7.85. The molecule has 22 heavy (non-hydrogen) atoms. The molecule has 0 saturated carbocycles. The van der Waals surface area contributed by atoms with E-state index in [1.54, 1.807) is 11.0 Å². The van der Waals surface area contributed by atoms with Crippen molar-refractivity contribution in [3.63, 3.8) is 0 Å².